The Morgan fingerprint density at radius 3 is 2.89 bits per heavy atom. The summed E-state index contributed by atoms with van der Waals surface area (Å²) in [7, 11) is 0. The number of hydrogen-bond acceptors (Lipinski definition) is 5. The topological polar surface area (TPSA) is 37.8 Å². The Bertz CT molecular complexity index is 690. The van der Waals surface area contributed by atoms with Gasteiger partial charge in [-0.25, -0.2) is 0 Å². The number of nitrogens with zero attached hydrogens (tertiary/aromatic N) is 2. The molecule has 3 nitrogen and oxygen atoms in total. The van der Waals surface area contributed by atoms with Crippen LogP contribution in [0, 0.1) is 6.92 Å². The van der Waals surface area contributed by atoms with Crippen LogP contribution in [0.25, 0.3) is 11.0 Å². The van der Waals surface area contributed by atoms with Gasteiger partial charge in [0.1, 0.15) is 11.0 Å². The molecule has 0 atom stereocenters. The molecule has 1 aromatic carbocycles. The molecule has 92 valence electrons. The van der Waals surface area contributed by atoms with Gasteiger partial charge in [0.2, 0.25) is 0 Å². The molecule has 0 aliphatic heterocycles. The van der Waals surface area contributed by atoms with Crippen molar-refractivity contribution in [1.29, 1.82) is 0 Å². The lowest BCUT2D eigenvalue weighted by atomic mass is 10.2. The summed E-state index contributed by atoms with van der Waals surface area (Å²) in [5, 5.41) is 4.04. The maximum absolute atomic E-state index is 6.21. The number of halogens is 1. The molecule has 0 unspecified atom stereocenters. The van der Waals surface area contributed by atoms with E-state index in [2.05, 4.69) is 33.1 Å². The number of nitrogens with one attached hydrogen (secondary N) is 1. The Kier molecular flexibility index (Phi) is 3.20. The van der Waals surface area contributed by atoms with Crippen molar-refractivity contribution in [3.8, 4) is 0 Å². The third-order valence-electron chi connectivity index (χ3n) is 2.61. The summed E-state index contributed by atoms with van der Waals surface area (Å²) in [5.74, 6) is 0. The number of fused-ring (bicyclic) bond motifs is 1. The van der Waals surface area contributed by atoms with E-state index in [4.69, 9.17) is 11.6 Å². The smallest absolute Gasteiger partial charge is 0.129 e. The fourth-order valence-electron chi connectivity index (χ4n) is 1.75. The SMILES string of the molecule is Cc1ccc(CNc2c(Cl)ccc3nsnc23)s1. The minimum Gasteiger partial charge on any atom is -0.377 e. The Morgan fingerprint density at radius 2 is 2.11 bits per heavy atom. The second-order valence-electron chi connectivity index (χ2n) is 3.92. The molecule has 3 rings (SSSR count). The van der Waals surface area contributed by atoms with Gasteiger partial charge >= 0.3 is 0 Å². The van der Waals surface area contributed by atoms with E-state index in [-0.39, 0.29) is 0 Å². The fraction of sp³-hybridized carbons (Fsp3) is 0.167. The number of rotatable bonds is 3. The van der Waals surface area contributed by atoms with Crippen molar-refractivity contribution in [3.63, 3.8) is 0 Å². The van der Waals surface area contributed by atoms with E-state index in [0.717, 1.165) is 23.3 Å². The number of aromatic nitrogens is 2. The second kappa shape index (κ2) is 4.84. The van der Waals surface area contributed by atoms with Gasteiger partial charge in [0.05, 0.1) is 22.4 Å². The number of benzene rings is 1. The van der Waals surface area contributed by atoms with Gasteiger partial charge in [-0.1, -0.05) is 11.6 Å². The summed E-state index contributed by atoms with van der Waals surface area (Å²) in [5.41, 5.74) is 2.60. The fourth-order valence-corrected chi connectivity index (χ4v) is 3.34. The highest BCUT2D eigenvalue weighted by Crippen LogP contribution is 2.30. The average Bonchev–Trinajstić information content (AvgIpc) is 2.96. The van der Waals surface area contributed by atoms with Gasteiger partial charge in [0, 0.05) is 16.3 Å². The first-order chi connectivity index (χ1) is 8.74. The van der Waals surface area contributed by atoms with E-state index >= 15 is 0 Å². The second-order valence-corrected chi connectivity index (χ2v) is 6.23. The van der Waals surface area contributed by atoms with Crippen LogP contribution in [0.3, 0.4) is 0 Å². The molecule has 0 amide bonds. The molecule has 0 saturated carbocycles. The lowest BCUT2D eigenvalue weighted by Crippen LogP contribution is -1.98. The van der Waals surface area contributed by atoms with Gasteiger partial charge in [-0.3, -0.25) is 0 Å². The summed E-state index contributed by atoms with van der Waals surface area (Å²) in [4.78, 5) is 2.59. The summed E-state index contributed by atoms with van der Waals surface area (Å²) in [6, 6.07) is 7.99. The van der Waals surface area contributed by atoms with E-state index in [1.54, 1.807) is 11.3 Å². The molecule has 0 aliphatic rings. The van der Waals surface area contributed by atoms with Crippen molar-refractivity contribution in [3.05, 3.63) is 39.0 Å². The normalized spacial score (nSPS) is 11.0. The van der Waals surface area contributed by atoms with E-state index in [0.29, 0.717) is 5.02 Å². The standard InChI is InChI=1S/C12H10ClN3S2/c1-7-2-3-8(17-7)6-14-11-9(13)4-5-10-12(11)16-18-15-10/h2-5,14H,6H2,1H3. The molecule has 2 aromatic heterocycles. The van der Waals surface area contributed by atoms with Crippen LogP contribution in [0.1, 0.15) is 9.75 Å². The van der Waals surface area contributed by atoms with Crippen LogP contribution in [-0.2, 0) is 6.54 Å². The molecule has 0 radical (unpaired) electrons. The molecule has 1 N–H and O–H groups in total. The van der Waals surface area contributed by atoms with Gasteiger partial charge in [0.25, 0.3) is 0 Å². The van der Waals surface area contributed by atoms with Crippen LogP contribution < -0.4 is 5.32 Å². The summed E-state index contributed by atoms with van der Waals surface area (Å²) in [6.45, 7) is 2.86. The zero-order valence-corrected chi connectivity index (χ0v) is 12.0. The molecule has 6 heteroatoms. The van der Waals surface area contributed by atoms with E-state index in [1.165, 1.54) is 21.5 Å². The molecular formula is C12H10ClN3S2. The third-order valence-corrected chi connectivity index (χ3v) is 4.47. The Labute approximate surface area is 118 Å². The first-order valence-electron chi connectivity index (χ1n) is 5.44. The van der Waals surface area contributed by atoms with E-state index < -0.39 is 0 Å². The molecule has 0 saturated heterocycles. The average molecular weight is 296 g/mol. The number of hydrogen-bond donors (Lipinski definition) is 1. The summed E-state index contributed by atoms with van der Waals surface area (Å²) >= 11 is 9.20. The summed E-state index contributed by atoms with van der Waals surface area (Å²) in [6.07, 6.45) is 0. The maximum Gasteiger partial charge on any atom is 0.129 e. The number of aryl methyl sites for hydroxylation is 1. The first-order valence-corrected chi connectivity index (χ1v) is 7.36. The molecule has 2 heterocycles. The maximum atomic E-state index is 6.21. The predicted molar refractivity (Wildman–Crippen MR) is 78.8 cm³/mol. The van der Waals surface area contributed by atoms with Crippen LogP contribution >= 0.6 is 34.7 Å². The molecular weight excluding hydrogens is 286 g/mol. The lowest BCUT2D eigenvalue weighted by molar-refractivity contribution is 1.20. The van der Waals surface area contributed by atoms with Gasteiger partial charge in [-0.05, 0) is 31.2 Å². The molecule has 18 heavy (non-hydrogen) atoms. The van der Waals surface area contributed by atoms with Gasteiger partial charge in [-0.2, -0.15) is 8.75 Å². The molecule has 0 aliphatic carbocycles. The van der Waals surface area contributed by atoms with Crippen LogP contribution in [0.2, 0.25) is 5.02 Å². The Morgan fingerprint density at radius 1 is 1.22 bits per heavy atom. The molecule has 0 bridgehead atoms. The Hall–Kier alpha value is -1.17. The van der Waals surface area contributed by atoms with E-state index in [9.17, 15) is 0 Å². The molecule has 0 fully saturated rings. The van der Waals surface area contributed by atoms with Gasteiger partial charge < -0.3 is 5.32 Å². The Balaban J connectivity index is 1.89. The number of thiophene rings is 1. The quantitative estimate of drug-likeness (QED) is 0.781. The predicted octanol–water partition coefficient (Wildman–Crippen LogP) is 4.33. The minimum atomic E-state index is 0.684. The van der Waals surface area contributed by atoms with E-state index in [1.807, 2.05) is 12.1 Å². The third kappa shape index (κ3) is 2.21. The molecule has 3 aromatic rings. The molecule has 0 spiro atoms. The van der Waals surface area contributed by atoms with Crippen LogP contribution in [0.15, 0.2) is 24.3 Å². The van der Waals surface area contributed by atoms with Crippen LogP contribution in [0.5, 0.6) is 0 Å². The van der Waals surface area contributed by atoms with Crippen molar-refractivity contribution in [1.82, 2.24) is 8.75 Å². The van der Waals surface area contributed by atoms with Crippen molar-refractivity contribution in [2.75, 3.05) is 5.32 Å². The highest BCUT2D eigenvalue weighted by Gasteiger charge is 2.09. The van der Waals surface area contributed by atoms with Crippen molar-refractivity contribution < 1.29 is 0 Å². The highest BCUT2D eigenvalue weighted by molar-refractivity contribution is 7.11. The minimum absolute atomic E-state index is 0.684. The zero-order valence-electron chi connectivity index (χ0n) is 9.61. The van der Waals surface area contributed by atoms with Gasteiger partial charge in [0.15, 0.2) is 0 Å². The van der Waals surface area contributed by atoms with Crippen molar-refractivity contribution >= 4 is 51.4 Å². The number of anilines is 1. The monoisotopic (exact) mass is 295 g/mol. The highest BCUT2D eigenvalue weighted by atomic mass is 35.5. The van der Waals surface area contributed by atoms with Crippen molar-refractivity contribution in [2.45, 2.75) is 13.5 Å². The van der Waals surface area contributed by atoms with Crippen LogP contribution in [-0.4, -0.2) is 8.75 Å². The van der Waals surface area contributed by atoms with Gasteiger partial charge in [-0.15, -0.1) is 11.3 Å². The van der Waals surface area contributed by atoms with Crippen molar-refractivity contribution in [2.24, 2.45) is 0 Å². The lowest BCUT2D eigenvalue weighted by Gasteiger charge is -2.07. The largest absolute Gasteiger partial charge is 0.377 e. The van der Waals surface area contributed by atoms with Crippen LogP contribution in [0.4, 0.5) is 5.69 Å². The zero-order chi connectivity index (χ0) is 12.5. The summed E-state index contributed by atoms with van der Waals surface area (Å²) < 4.78 is 8.50. The first kappa shape index (κ1) is 11.9.